The number of benzene rings is 1. The van der Waals surface area contributed by atoms with Gasteiger partial charge < -0.3 is 13.7 Å². The smallest absolute Gasteiger partial charge is 0.257 e. The fourth-order valence-electron chi connectivity index (χ4n) is 3.74. The Labute approximate surface area is 189 Å². The Morgan fingerprint density at radius 3 is 2.62 bits per heavy atom. The Bertz CT molecular complexity index is 1130. The monoisotopic (exact) mass is 452 g/mol. The molecule has 1 aliphatic heterocycles. The van der Waals surface area contributed by atoms with Crippen LogP contribution >= 0.6 is 11.3 Å². The van der Waals surface area contributed by atoms with E-state index in [0.29, 0.717) is 30.0 Å². The van der Waals surface area contributed by atoms with Gasteiger partial charge in [-0.3, -0.25) is 9.80 Å². The fraction of sp³-hybridized carbons (Fsp3) is 0.364. The molecule has 9 nitrogen and oxygen atoms in total. The quantitative estimate of drug-likeness (QED) is 0.416. The van der Waals surface area contributed by atoms with E-state index in [1.165, 1.54) is 0 Å². The molecule has 4 aromatic rings. The van der Waals surface area contributed by atoms with Crippen LogP contribution in [0.5, 0.6) is 5.75 Å². The van der Waals surface area contributed by atoms with Gasteiger partial charge in [0.05, 0.1) is 24.6 Å². The Morgan fingerprint density at radius 2 is 1.91 bits per heavy atom. The minimum absolute atomic E-state index is 0.0726. The molecule has 0 amide bonds. The lowest BCUT2D eigenvalue weighted by atomic mass is 10.2. The average molecular weight is 453 g/mol. The topological polar surface area (TPSA) is 93.6 Å². The van der Waals surface area contributed by atoms with E-state index < -0.39 is 0 Å². The van der Waals surface area contributed by atoms with Crippen molar-refractivity contribution in [2.45, 2.75) is 19.5 Å². The van der Waals surface area contributed by atoms with Crippen molar-refractivity contribution >= 4 is 11.3 Å². The fourth-order valence-corrected chi connectivity index (χ4v) is 4.38. The first-order valence-electron chi connectivity index (χ1n) is 10.5. The van der Waals surface area contributed by atoms with E-state index in [1.807, 2.05) is 41.8 Å². The Morgan fingerprint density at radius 1 is 1.09 bits per heavy atom. The molecule has 0 aliphatic carbocycles. The highest BCUT2D eigenvalue weighted by atomic mass is 32.1. The molecule has 0 bridgehead atoms. The summed E-state index contributed by atoms with van der Waals surface area (Å²) in [5.74, 6) is 3.25. The highest BCUT2D eigenvalue weighted by Gasteiger charge is 2.26. The molecule has 1 aliphatic rings. The summed E-state index contributed by atoms with van der Waals surface area (Å²) < 4.78 is 16.6. The first-order chi connectivity index (χ1) is 15.7. The van der Waals surface area contributed by atoms with Gasteiger partial charge in [-0.1, -0.05) is 11.2 Å². The summed E-state index contributed by atoms with van der Waals surface area (Å²) in [6.45, 7) is 6.34. The second-order valence-corrected chi connectivity index (χ2v) is 8.60. The van der Waals surface area contributed by atoms with E-state index in [1.54, 1.807) is 18.4 Å². The van der Waals surface area contributed by atoms with Crippen LogP contribution in [0.2, 0.25) is 0 Å². The molecule has 166 valence electrons. The van der Waals surface area contributed by atoms with E-state index in [0.717, 1.165) is 42.4 Å². The molecule has 0 radical (unpaired) electrons. The van der Waals surface area contributed by atoms with Gasteiger partial charge in [0.2, 0.25) is 17.6 Å². The predicted molar refractivity (Wildman–Crippen MR) is 119 cm³/mol. The van der Waals surface area contributed by atoms with Gasteiger partial charge in [0, 0.05) is 31.7 Å². The molecule has 1 atom stereocenters. The first kappa shape index (κ1) is 20.8. The van der Waals surface area contributed by atoms with Crippen LogP contribution in [0.25, 0.3) is 22.2 Å². The lowest BCUT2D eigenvalue weighted by Gasteiger charge is -2.36. The first-order valence-corrected chi connectivity index (χ1v) is 11.4. The van der Waals surface area contributed by atoms with Crippen molar-refractivity contribution in [3.05, 3.63) is 53.6 Å². The SMILES string of the molecule is COc1ccc(-c2noc(CN3CCN(C(C)c4nnc(-c5cccs5)o4)CC3)n2)cc1. The number of hydrogen-bond acceptors (Lipinski definition) is 10. The van der Waals surface area contributed by atoms with Crippen molar-refractivity contribution in [3.63, 3.8) is 0 Å². The number of methoxy groups -OCH3 is 1. The van der Waals surface area contributed by atoms with Crippen LogP contribution in [0.15, 0.2) is 50.7 Å². The Balaban J connectivity index is 1.15. The Hall–Kier alpha value is -3.08. The predicted octanol–water partition coefficient (Wildman–Crippen LogP) is 3.74. The Kier molecular flexibility index (Phi) is 5.97. The molecule has 10 heteroatoms. The van der Waals surface area contributed by atoms with Crippen LogP contribution in [0.1, 0.15) is 24.7 Å². The standard InChI is InChI=1S/C22H24N6O3S/c1-15(21-24-25-22(30-21)18-4-3-13-32-18)28-11-9-27(10-12-28)14-19-23-20(26-31-19)16-5-7-17(29-2)8-6-16/h3-8,13,15H,9-12,14H2,1-2H3. The molecule has 5 rings (SSSR count). The van der Waals surface area contributed by atoms with Crippen LogP contribution in [-0.2, 0) is 6.54 Å². The second-order valence-electron chi connectivity index (χ2n) is 7.65. The van der Waals surface area contributed by atoms with E-state index in [4.69, 9.17) is 13.7 Å². The zero-order chi connectivity index (χ0) is 21.9. The van der Waals surface area contributed by atoms with Crippen LogP contribution in [0.4, 0.5) is 0 Å². The largest absolute Gasteiger partial charge is 0.497 e. The minimum atomic E-state index is 0.0726. The van der Waals surface area contributed by atoms with Crippen molar-refractivity contribution in [3.8, 4) is 27.9 Å². The summed E-state index contributed by atoms with van der Waals surface area (Å²) in [6, 6.07) is 11.7. The molecule has 3 aromatic heterocycles. The summed E-state index contributed by atoms with van der Waals surface area (Å²) >= 11 is 1.60. The van der Waals surface area contributed by atoms with Crippen molar-refractivity contribution in [2.75, 3.05) is 33.3 Å². The molecule has 1 fully saturated rings. The maximum Gasteiger partial charge on any atom is 0.257 e. The van der Waals surface area contributed by atoms with Crippen molar-refractivity contribution in [1.82, 2.24) is 30.1 Å². The third-order valence-corrected chi connectivity index (χ3v) is 6.52. The number of thiophene rings is 1. The van der Waals surface area contributed by atoms with Gasteiger partial charge in [0.15, 0.2) is 0 Å². The number of ether oxygens (including phenoxy) is 1. The van der Waals surface area contributed by atoms with Crippen LogP contribution < -0.4 is 4.74 Å². The van der Waals surface area contributed by atoms with Gasteiger partial charge >= 0.3 is 0 Å². The molecule has 1 unspecified atom stereocenters. The van der Waals surface area contributed by atoms with Crippen molar-refractivity contribution < 1.29 is 13.7 Å². The molecule has 0 saturated carbocycles. The van der Waals surface area contributed by atoms with Crippen LogP contribution in [0.3, 0.4) is 0 Å². The number of rotatable bonds is 7. The highest BCUT2D eigenvalue weighted by molar-refractivity contribution is 7.13. The molecule has 4 heterocycles. The summed E-state index contributed by atoms with van der Waals surface area (Å²) in [5, 5.41) is 14.6. The van der Waals surface area contributed by atoms with Gasteiger partial charge in [-0.15, -0.1) is 21.5 Å². The number of nitrogens with zero attached hydrogens (tertiary/aromatic N) is 6. The van der Waals surface area contributed by atoms with Gasteiger partial charge in [0.25, 0.3) is 5.89 Å². The van der Waals surface area contributed by atoms with E-state index in [-0.39, 0.29) is 6.04 Å². The van der Waals surface area contributed by atoms with E-state index in [9.17, 15) is 0 Å². The molecule has 1 aromatic carbocycles. The maximum absolute atomic E-state index is 5.92. The number of aromatic nitrogens is 4. The number of piperazine rings is 1. The summed E-state index contributed by atoms with van der Waals surface area (Å²) in [6.07, 6.45) is 0. The van der Waals surface area contributed by atoms with Crippen molar-refractivity contribution in [2.24, 2.45) is 0 Å². The van der Waals surface area contributed by atoms with Crippen LogP contribution in [-0.4, -0.2) is 63.4 Å². The van der Waals surface area contributed by atoms with E-state index >= 15 is 0 Å². The summed E-state index contributed by atoms with van der Waals surface area (Å²) in [5.41, 5.74) is 0.904. The van der Waals surface area contributed by atoms with E-state index in [2.05, 4.69) is 37.1 Å². The zero-order valence-electron chi connectivity index (χ0n) is 18.0. The molecule has 1 saturated heterocycles. The summed E-state index contributed by atoms with van der Waals surface area (Å²) in [7, 11) is 1.65. The van der Waals surface area contributed by atoms with Crippen molar-refractivity contribution in [1.29, 1.82) is 0 Å². The molecular formula is C22H24N6O3S. The lowest BCUT2D eigenvalue weighted by molar-refractivity contribution is 0.0812. The molecule has 0 spiro atoms. The zero-order valence-corrected chi connectivity index (χ0v) is 18.8. The molecular weight excluding hydrogens is 428 g/mol. The molecule has 0 N–H and O–H groups in total. The number of hydrogen-bond donors (Lipinski definition) is 0. The van der Waals surface area contributed by atoms with Gasteiger partial charge in [0.1, 0.15) is 5.75 Å². The van der Waals surface area contributed by atoms with Gasteiger partial charge in [-0.2, -0.15) is 4.98 Å². The highest BCUT2D eigenvalue weighted by Crippen LogP contribution is 2.27. The lowest BCUT2D eigenvalue weighted by Crippen LogP contribution is -2.46. The maximum atomic E-state index is 5.92. The minimum Gasteiger partial charge on any atom is -0.497 e. The molecule has 32 heavy (non-hydrogen) atoms. The third kappa shape index (κ3) is 4.43. The van der Waals surface area contributed by atoms with Gasteiger partial charge in [-0.25, -0.2) is 0 Å². The third-order valence-electron chi connectivity index (χ3n) is 5.66. The second kappa shape index (κ2) is 9.19. The normalized spacial score (nSPS) is 16.3. The average Bonchev–Trinajstić information content (AvgIpc) is 3.61. The van der Waals surface area contributed by atoms with Crippen LogP contribution in [0, 0.1) is 0 Å². The van der Waals surface area contributed by atoms with Gasteiger partial charge in [-0.05, 0) is 42.6 Å². The summed E-state index contributed by atoms with van der Waals surface area (Å²) in [4.78, 5) is 10.2.